The van der Waals surface area contributed by atoms with Gasteiger partial charge >= 0.3 is 5.97 Å². The summed E-state index contributed by atoms with van der Waals surface area (Å²) in [5, 5.41) is 10.5. The van der Waals surface area contributed by atoms with E-state index in [2.05, 4.69) is 4.98 Å². The Kier molecular flexibility index (Phi) is 3.45. The van der Waals surface area contributed by atoms with Crippen molar-refractivity contribution in [2.75, 3.05) is 0 Å². The zero-order valence-electron chi connectivity index (χ0n) is 9.11. The van der Waals surface area contributed by atoms with E-state index >= 15 is 0 Å². The topological polar surface area (TPSA) is 50.2 Å². The molecule has 0 aliphatic carbocycles. The van der Waals surface area contributed by atoms with Gasteiger partial charge in [0.15, 0.2) is 0 Å². The van der Waals surface area contributed by atoms with E-state index in [1.165, 1.54) is 11.3 Å². The first-order valence-electron chi connectivity index (χ1n) is 5.00. The zero-order valence-corrected chi connectivity index (χ0v) is 10.7. The summed E-state index contributed by atoms with van der Waals surface area (Å²) >= 11 is 7.09. The zero-order chi connectivity index (χ0) is 12.4. The highest BCUT2D eigenvalue weighted by Crippen LogP contribution is 2.22. The first-order valence-corrected chi connectivity index (χ1v) is 6.20. The van der Waals surface area contributed by atoms with Crippen molar-refractivity contribution >= 4 is 28.9 Å². The minimum Gasteiger partial charge on any atom is -0.477 e. The quantitative estimate of drug-likeness (QED) is 0.927. The van der Waals surface area contributed by atoms with Crippen molar-refractivity contribution in [2.24, 2.45) is 0 Å². The lowest BCUT2D eigenvalue weighted by molar-refractivity contribution is 0.0701. The maximum absolute atomic E-state index is 11.0. The number of aromatic carboxylic acids is 1. The number of hydrogen-bond donors (Lipinski definition) is 1. The van der Waals surface area contributed by atoms with Gasteiger partial charge in [-0.3, -0.25) is 0 Å². The number of carboxylic acid groups (broad SMARTS) is 1. The molecule has 1 aromatic heterocycles. The van der Waals surface area contributed by atoms with E-state index in [-0.39, 0.29) is 0 Å². The number of halogens is 1. The van der Waals surface area contributed by atoms with E-state index in [0.717, 1.165) is 10.6 Å². The predicted molar refractivity (Wildman–Crippen MR) is 68.1 cm³/mol. The highest BCUT2D eigenvalue weighted by atomic mass is 35.5. The number of aromatic nitrogens is 1. The highest BCUT2D eigenvalue weighted by Gasteiger charge is 2.15. The number of benzene rings is 1. The molecule has 0 bridgehead atoms. The lowest BCUT2D eigenvalue weighted by Gasteiger charge is -2.00. The van der Waals surface area contributed by atoms with Crippen LogP contribution in [0.1, 0.15) is 25.9 Å². The van der Waals surface area contributed by atoms with E-state index in [1.807, 2.05) is 18.2 Å². The molecule has 0 aliphatic heterocycles. The fraction of sp³-hybridized carbons (Fsp3) is 0.167. The van der Waals surface area contributed by atoms with Crippen molar-refractivity contribution < 1.29 is 9.90 Å². The van der Waals surface area contributed by atoms with E-state index in [1.54, 1.807) is 13.0 Å². The maximum atomic E-state index is 11.0. The van der Waals surface area contributed by atoms with Crippen LogP contribution in [-0.2, 0) is 6.42 Å². The van der Waals surface area contributed by atoms with Gasteiger partial charge in [0.25, 0.3) is 0 Å². The number of nitrogens with zero attached hydrogens (tertiary/aromatic N) is 1. The van der Waals surface area contributed by atoms with Crippen LogP contribution < -0.4 is 0 Å². The normalized spacial score (nSPS) is 10.5. The largest absolute Gasteiger partial charge is 0.477 e. The van der Waals surface area contributed by atoms with E-state index < -0.39 is 5.97 Å². The van der Waals surface area contributed by atoms with Crippen LogP contribution in [0.15, 0.2) is 24.3 Å². The third kappa shape index (κ3) is 2.84. The van der Waals surface area contributed by atoms with Gasteiger partial charge < -0.3 is 5.11 Å². The van der Waals surface area contributed by atoms with Crippen LogP contribution in [-0.4, -0.2) is 16.1 Å². The van der Waals surface area contributed by atoms with Gasteiger partial charge in [-0.1, -0.05) is 23.7 Å². The smallest absolute Gasteiger partial charge is 0.347 e. The third-order valence-corrected chi connectivity index (χ3v) is 3.50. The molecule has 0 atom stereocenters. The minimum absolute atomic E-state index is 0.308. The maximum Gasteiger partial charge on any atom is 0.347 e. The standard InChI is InChI=1S/C12H10ClNO2S/c1-7-14-10(11(17-7)12(15)16)6-8-3-2-4-9(13)5-8/h2-5H,6H2,1H3,(H,15,16). The van der Waals surface area contributed by atoms with Gasteiger partial charge in [0.2, 0.25) is 0 Å². The average molecular weight is 268 g/mol. The van der Waals surface area contributed by atoms with Crippen LogP contribution in [0.2, 0.25) is 5.02 Å². The number of carboxylic acids is 1. The minimum atomic E-state index is -0.923. The van der Waals surface area contributed by atoms with Crippen molar-refractivity contribution in [1.82, 2.24) is 4.98 Å². The predicted octanol–water partition coefficient (Wildman–Crippen LogP) is 3.39. The molecule has 0 fully saturated rings. The average Bonchev–Trinajstić information content (AvgIpc) is 2.59. The summed E-state index contributed by atoms with van der Waals surface area (Å²) in [6.45, 7) is 1.80. The Hall–Kier alpha value is -1.39. The second kappa shape index (κ2) is 4.85. The molecule has 0 unspecified atom stereocenters. The summed E-state index contributed by atoms with van der Waals surface area (Å²) in [6, 6.07) is 7.36. The number of aryl methyl sites for hydroxylation is 1. The van der Waals surface area contributed by atoms with Gasteiger partial charge in [-0.15, -0.1) is 11.3 Å². The number of thiazole rings is 1. The molecule has 1 N–H and O–H groups in total. The van der Waals surface area contributed by atoms with Crippen LogP contribution in [0.25, 0.3) is 0 Å². The molecule has 5 heteroatoms. The van der Waals surface area contributed by atoms with Crippen LogP contribution in [0.4, 0.5) is 0 Å². The Balaban J connectivity index is 2.32. The van der Waals surface area contributed by atoms with Crippen LogP contribution in [0, 0.1) is 6.92 Å². The van der Waals surface area contributed by atoms with Crippen molar-refractivity contribution in [3.05, 3.63) is 50.4 Å². The second-order valence-corrected chi connectivity index (χ2v) is 5.26. The van der Waals surface area contributed by atoms with E-state index in [9.17, 15) is 4.79 Å². The monoisotopic (exact) mass is 267 g/mol. The Morgan fingerprint density at radius 1 is 1.53 bits per heavy atom. The Morgan fingerprint density at radius 3 is 2.94 bits per heavy atom. The third-order valence-electron chi connectivity index (χ3n) is 2.26. The molecule has 0 saturated carbocycles. The summed E-state index contributed by atoms with van der Waals surface area (Å²) < 4.78 is 0. The van der Waals surface area contributed by atoms with Gasteiger partial charge in [0.05, 0.1) is 10.7 Å². The molecule has 3 nitrogen and oxygen atoms in total. The van der Waals surface area contributed by atoms with Gasteiger partial charge in [-0.05, 0) is 24.6 Å². The molecule has 2 rings (SSSR count). The molecular weight excluding hydrogens is 258 g/mol. The van der Waals surface area contributed by atoms with Gasteiger partial charge in [0, 0.05) is 11.4 Å². The van der Waals surface area contributed by atoms with Crippen LogP contribution >= 0.6 is 22.9 Å². The number of hydrogen-bond acceptors (Lipinski definition) is 3. The van der Waals surface area contributed by atoms with Crippen molar-refractivity contribution in [2.45, 2.75) is 13.3 Å². The summed E-state index contributed by atoms with van der Waals surface area (Å²) in [5.41, 5.74) is 1.56. The molecule has 0 amide bonds. The summed E-state index contributed by atoms with van der Waals surface area (Å²) in [4.78, 5) is 15.6. The lowest BCUT2D eigenvalue weighted by atomic mass is 10.1. The van der Waals surface area contributed by atoms with Gasteiger partial charge in [0.1, 0.15) is 4.88 Å². The van der Waals surface area contributed by atoms with Crippen molar-refractivity contribution in [3.8, 4) is 0 Å². The fourth-order valence-electron chi connectivity index (χ4n) is 1.60. The van der Waals surface area contributed by atoms with Crippen LogP contribution in [0.3, 0.4) is 0 Å². The first kappa shape index (κ1) is 12.1. The molecule has 17 heavy (non-hydrogen) atoms. The Morgan fingerprint density at radius 2 is 2.29 bits per heavy atom. The molecule has 1 heterocycles. The molecule has 0 saturated heterocycles. The Bertz CT molecular complexity index is 565. The molecule has 88 valence electrons. The van der Waals surface area contributed by atoms with Gasteiger partial charge in [-0.2, -0.15) is 0 Å². The van der Waals surface area contributed by atoms with Gasteiger partial charge in [-0.25, -0.2) is 9.78 Å². The number of carbonyl (C=O) groups is 1. The van der Waals surface area contributed by atoms with E-state index in [4.69, 9.17) is 16.7 Å². The summed E-state index contributed by atoms with van der Waals surface area (Å²) in [7, 11) is 0. The van der Waals surface area contributed by atoms with E-state index in [0.29, 0.717) is 22.0 Å². The molecule has 0 aliphatic rings. The van der Waals surface area contributed by atoms with Crippen molar-refractivity contribution in [1.29, 1.82) is 0 Å². The molecule has 0 spiro atoms. The molecule has 0 radical (unpaired) electrons. The highest BCUT2D eigenvalue weighted by molar-refractivity contribution is 7.13. The molecule has 2 aromatic rings. The summed E-state index contributed by atoms with van der Waals surface area (Å²) in [6.07, 6.45) is 0.493. The Labute approximate surface area is 108 Å². The first-order chi connectivity index (χ1) is 8.06. The molecular formula is C12H10ClNO2S. The van der Waals surface area contributed by atoms with Crippen LogP contribution in [0.5, 0.6) is 0 Å². The van der Waals surface area contributed by atoms with Crippen molar-refractivity contribution in [3.63, 3.8) is 0 Å². The second-order valence-electron chi connectivity index (χ2n) is 3.62. The number of rotatable bonds is 3. The SMILES string of the molecule is Cc1nc(Cc2cccc(Cl)c2)c(C(=O)O)s1. The summed E-state index contributed by atoms with van der Waals surface area (Å²) in [5.74, 6) is -0.923. The molecule has 1 aromatic carbocycles. The lowest BCUT2D eigenvalue weighted by Crippen LogP contribution is -1.99. The fourth-order valence-corrected chi connectivity index (χ4v) is 2.58.